The summed E-state index contributed by atoms with van der Waals surface area (Å²) in [5.74, 6) is -0.725. The lowest BCUT2D eigenvalue weighted by atomic mass is 9.96. The summed E-state index contributed by atoms with van der Waals surface area (Å²) >= 11 is 0. The summed E-state index contributed by atoms with van der Waals surface area (Å²) < 4.78 is 10.7. The van der Waals surface area contributed by atoms with Crippen LogP contribution in [-0.2, 0) is 16.1 Å². The second kappa shape index (κ2) is 6.76. The molecule has 0 aliphatic carbocycles. The van der Waals surface area contributed by atoms with Gasteiger partial charge in [-0.2, -0.15) is 0 Å². The van der Waals surface area contributed by atoms with Crippen molar-refractivity contribution < 1.29 is 24.6 Å². The van der Waals surface area contributed by atoms with Gasteiger partial charge in [0.15, 0.2) is 6.29 Å². The molecule has 0 amide bonds. The topological polar surface area (TPSA) is 102 Å². The molecule has 7 heteroatoms. The van der Waals surface area contributed by atoms with Crippen molar-refractivity contribution in [3.63, 3.8) is 0 Å². The fraction of sp³-hybridized carbons (Fsp3) is 0.538. The minimum Gasteiger partial charge on any atom is -0.390 e. The average Bonchev–Trinajstić information content (AvgIpc) is 2.44. The minimum atomic E-state index is -1.29. The van der Waals surface area contributed by atoms with Gasteiger partial charge in [-0.1, -0.05) is 30.3 Å². The molecule has 0 bridgehead atoms. The van der Waals surface area contributed by atoms with E-state index in [2.05, 4.69) is 0 Å². The monoisotopic (exact) mass is 283 g/mol. The predicted octanol–water partition coefficient (Wildman–Crippen LogP) is 0.174. The van der Waals surface area contributed by atoms with Crippen LogP contribution in [0.2, 0.25) is 0 Å². The first kappa shape index (κ1) is 14.9. The number of hydrogen-bond donors (Lipinski definition) is 2. The van der Waals surface area contributed by atoms with E-state index in [1.807, 2.05) is 30.3 Å². The van der Waals surface area contributed by atoms with E-state index in [1.165, 1.54) is 0 Å². The molecule has 0 saturated carbocycles. The summed E-state index contributed by atoms with van der Waals surface area (Å²) in [5, 5.41) is 30.2. The molecule has 20 heavy (non-hydrogen) atoms. The fourth-order valence-corrected chi connectivity index (χ4v) is 2.11. The molecule has 1 saturated heterocycles. The fourth-order valence-electron chi connectivity index (χ4n) is 2.11. The summed E-state index contributed by atoms with van der Waals surface area (Å²) in [7, 11) is 0. The van der Waals surface area contributed by atoms with Gasteiger partial charge >= 0.3 is 0 Å². The summed E-state index contributed by atoms with van der Waals surface area (Å²) in [6.45, 7) is -0.225. The van der Waals surface area contributed by atoms with E-state index in [4.69, 9.17) is 9.47 Å². The number of nitro groups is 1. The Morgan fingerprint density at radius 3 is 2.65 bits per heavy atom. The lowest BCUT2D eigenvalue weighted by Gasteiger charge is -2.35. The molecule has 2 rings (SSSR count). The summed E-state index contributed by atoms with van der Waals surface area (Å²) in [4.78, 5) is 9.91. The highest BCUT2D eigenvalue weighted by atomic mass is 16.7. The third-order valence-electron chi connectivity index (χ3n) is 3.23. The first-order valence-electron chi connectivity index (χ1n) is 6.33. The van der Waals surface area contributed by atoms with Gasteiger partial charge in [-0.05, 0) is 5.56 Å². The molecule has 4 atom stereocenters. The number of hydrogen-bond acceptors (Lipinski definition) is 6. The van der Waals surface area contributed by atoms with Gasteiger partial charge in [0, 0.05) is 4.92 Å². The van der Waals surface area contributed by atoms with E-state index < -0.39 is 35.9 Å². The molecule has 1 aromatic rings. The van der Waals surface area contributed by atoms with Gasteiger partial charge in [-0.25, -0.2) is 0 Å². The molecule has 1 aliphatic rings. The quantitative estimate of drug-likeness (QED) is 0.590. The van der Waals surface area contributed by atoms with Crippen LogP contribution >= 0.6 is 0 Å². The van der Waals surface area contributed by atoms with Crippen LogP contribution in [0, 0.1) is 16.0 Å². The molecule has 0 radical (unpaired) electrons. The van der Waals surface area contributed by atoms with Gasteiger partial charge in [0.25, 0.3) is 0 Å². The van der Waals surface area contributed by atoms with Crippen LogP contribution < -0.4 is 0 Å². The maximum Gasteiger partial charge on any atom is 0.211 e. The first-order valence-corrected chi connectivity index (χ1v) is 6.33. The average molecular weight is 283 g/mol. The van der Waals surface area contributed by atoms with Gasteiger partial charge in [0.1, 0.15) is 6.10 Å². The highest BCUT2D eigenvalue weighted by Crippen LogP contribution is 2.22. The van der Waals surface area contributed by atoms with Crippen molar-refractivity contribution in [1.82, 2.24) is 0 Å². The Morgan fingerprint density at radius 2 is 2.00 bits per heavy atom. The lowest BCUT2D eigenvalue weighted by Crippen LogP contribution is -2.52. The molecular formula is C13H17NO6. The van der Waals surface area contributed by atoms with E-state index in [0.717, 1.165) is 5.56 Å². The zero-order chi connectivity index (χ0) is 14.5. The van der Waals surface area contributed by atoms with Crippen LogP contribution in [0.3, 0.4) is 0 Å². The highest BCUT2D eigenvalue weighted by Gasteiger charge is 2.41. The van der Waals surface area contributed by atoms with Gasteiger partial charge in [0.05, 0.1) is 25.2 Å². The first-order chi connectivity index (χ1) is 9.58. The van der Waals surface area contributed by atoms with Crippen molar-refractivity contribution in [3.05, 3.63) is 46.0 Å². The van der Waals surface area contributed by atoms with E-state index in [0.29, 0.717) is 0 Å². The highest BCUT2D eigenvalue weighted by molar-refractivity contribution is 5.13. The molecule has 1 heterocycles. The number of ether oxygens (including phenoxy) is 2. The second-order valence-electron chi connectivity index (χ2n) is 4.75. The van der Waals surface area contributed by atoms with E-state index in [1.54, 1.807) is 0 Å². The third kappa shape index (κ3) is 3.73. The lowest BCUT2D eigenvalue weighted by molar-refractivity contribution is -0.495. The summed E-state index contributed by atoms with van der Waals surface area (Å²) in [5.41, 5.74) is 0.908. The predicted molar refractivity (Wildman–Crippen MR) is 68.3 cm³/mol. The molecule has 1 aliphatic heterocycles. The number of aliphatic hydroxyl groups excluding tert-OH is 2. The Kier molecular flexibility index (Phi) is 5.02. The zero-order valence-electron chi connectivity index (χ0n) is 10.8. The molecule has 0 spiro atoms. The van der Waals surface area contributed by atoms with Crippen LogP contribution in [0.15, 0.2) is 30.3 Å². The van der Waals surface area contributed by atoms with Crippen LogP contribution in [-0.4, -0.2) is 46.8 Å². The molecule has 2 N–H and O–H groups in total. The smallest absolute Gasteiger partial charge is 0.211 e. The Labute approximate surface area is 115 Å². The molecular weight excluding hydrogens is 266 g/mol. The van der Waals surface area contributed by atoms with Gasteiger partial charge < -0.3 is 19.7 Å². The number of benzene rings is 1. The second-order valence-corrected chi connectivity index (χ2v) is 4.75. The Bertz CT molecular complexity index is 440. The summed E-state index contributed by atoms with van der Waals surface area (Å²) in [6.07, 6.45) is -3.50. The molecule has 0 aromatic heterocycles. The maximum absolute atomic E-state index is 10.4. The van der Waals surface area contributed by atoms with Crippen molar-refractivity contribution in [3.8, 4) is 0 Å². The normalized spacial score (nSPS) is 30.1. The molecule has 110 valence electrons. The molecule has 1 aromatic carbocycles. The standard InChI is InChI=1S/C13H17NO6/c15-11-10(6-14(17)18)8-20-13(12(11)16)19-7-9-4-2-1-3-5-9/h1-5,10-13,15-16H,6-8H2/t10?,11-,12+,13-/m1/s1. The number of aliphatic hydroxyl groups is 2. The zero-order valence-corrected chi connectivity index (χ0v) is 10.8. The van der Waals surface area contributed by atoms with Crippen molar-refractivity contribution in [2.45, 2.75) is 25.1 Å². The van der Waals surface area contributed by atoms with Gasteiger partial charge in [-0.15, -0.1) is 0 Å². The van der Waals surface area contributed by atoms with Crippen LogP contribution in [0.4, 0.5) is 0 Å². The van der Waals surface area contributed by atoms with E-state index in [9.17, 15) is 20.3 Å². The van der Waals surface area contributed by atoms with Crippen molar-refractivity contribution in [2.24, 2.45) is 5.92 Å². The third-order valence-corrected chi connectivity index (χ3v) is 3.23. The van der Waals surface area contributed by atoms with Crippen LogP contribution in [0.25, 0.3) is 0 Å². The summed E-state index contributed by atoms with van der Waals surface area (Å²) in [6, 6.07) is 9.32. The van der Waals surface area contributed by atoms with Crippen molar-refractivity contribution in [1.29, 1.82) is 0 Å². The maximum atomic E-state index is 10.4. The number of nitrogens with zero attached hydrogens (tertiary/aromatic N) is 1. The van der Waals surface area contributed by atoms with Gasteiger partial charge in [0.2, 0.25) is 6.54 Å². The van der Waals surface area contributed by atoms with Crippen molar-refractivity contribution >= 4 is 0 Å². The van der Waals surface area contributed by atoms with Gasteiger partial charge in [-0.3, -0.25) is 10.1 Å². The van der Waals surface area contributed by atoms with Crippen LogP contribution in [0.5, 0.6) is 0 Å². The largest absolute Gasteiger partial charge is 0.390 e. The molecule has 7 nitrogen and oxygen atoms in total. The Balaban J connectivity index is 1.87. The Hall–Kier alpha value is -1.54. The minimum absolute atomic E-state index is 0.0152. The molecule has 1 fully saturated rings. The number of rotatable bonds is 5. The SMILES string of the molecule is O=[N+]([O-])CC1CO[C@@H](OCc2ccccc2)[C@@H](O)[C@@H]1O. The van der Waals surface area contributed by atoms with Crippen molar-refractivity contribution in [2.75, 3.05) is 13.2 Å². The van der Waals surface area contributed by atoms with E-state index >= 15 is 0 Å². The van der Waals surface area contributed by atoms with E-state index in [-0.39, 0.29) is 13.2 Å². The Morgan fingerprint density at radius 1 is 1.30 bits per heavy atom. The molecule has 1 unspecified atom stereocenters. The van der Waals surface area contributed by atoms with Crippen LogP contribution in [0.1, 0.15) is 5.56 Å².